The maximum atomic E-state index is 12.8. The van der Waals surface area contributed by atoms with Gasteiger partial charge in [0.1, 0.15) is 0 Å². The highest BCUT2D eigenvalue weighted by atomic mass is 32.2. The van der Waals surface area contributed by atoms with Gasteiger partial charge < -0.3 is 15.7 Å². The van der Waals surface area contributed by atoms with Crippen LogP contribution in [-0.4, -0.2) is 43.7 Å². The Balaban J connectivity index is 2.16. The quantitative estimate of drug-likeness (QED) is 0.425. The van der Waals surface area contributed by atoms with Gasteiger partial charge >= 0.3 is 0 Å². The van der Waals surface area contributed by atoms with Crippen molar-refractivity contribution in [2.24, 2.45) is 4.99 Å². The molecular formula is C20H34N4O3S. The minimum absolute atomic E-state index is 0.204. The Morgan fingerprint density at radius 3 is 2.43 bits per heavy atom. The second-order valence-electron chi connectivity index (χ2n) is 8.31. The van der Waals surface area contributed by atoms with Crippen molar-refractivity contribution in [2.45, 2.75) is 82.5 Å². The van der Waals surface area contributed by atoms with Crippen LogP contribution in [0.25, 0.3) is 0 Å². The van der Waals surface area contributed by atoms with E-state index in [9.17, 15) is 13.5 Å². The first-order chi connectivity index (χ1) is 13.1. The van der Waals surface area contributed by atoms with Gasteiger partial charge in [0.2, 0.25) is 10.0 Å². The minimum atomic E-state index is -3.63. The number of hydrogen-bond donors (Lipinski definition) is 4. The summed E-state index contributed by atoms with van der Waals surface area (Å²) in [6.07, 6.45) is 3.16. The fourth-order valence-corrected chi connectivity index (χ4v) is 4.90. The molecule has 0 unspecified atom stereocenters. The molecule has 0 radical (unpaired) electrons. The van der Waals surface area contributed by atoms with Crippen molar-refractivity contribution in [3.63, 3.8) is 0 Å². The van der Waals surface area contributed by atoms with E-state index in [0.29, 0.717) is 18.1 Å². The molecular weight excluding hydrogens is 376 g/mol. The molecule has 28 heavy (non-hydrogen) atoms. The predicted molar refractivity (Wildman–Crippen MR) is 113 cm³/mol. The van der Waals surface area contributed by atoms with Gasteiger partial charge in [0.15, 0.2) is 5.96 Å². The number of aliphatic hydroxyl groups is 1. The van der Waals surface area contributed by atoms with E-state index in [4.69, 9.17) is 0 Å². The predicted octanol–water partition coefficient (Wildman–Crippen LogP) is 2.12. The van der Waals surface area contributed by atoms with E-state index in [1.165, 1.54) is 0 Å². The third-order valence-corrected chi connectivity index (χ3v) is 6.35. The summed E-state index contributed by atoms with van der Waals surface area (Å²) in [6, 6.07) is 7.22. The molecule has 0 bridgehead atoms. The van der Waals surface area contributed by atoms with Crippen LogP contribution in [-0.2, 0) is 16.6 Å². The second-order valence-corrected chi connectivity index (χ2v) is 9.96. The van der Waals surface area contributed by atoms with Crippen molar-refractivity contribution in [3.05, 3.63) is 29.8 Å². The summed E-state index contributed by atoms with van der Waals surface area (Å²) in [5.41, 5.74) is 0.0903. The van der Waals surface area contributed by atoms with Gasteiger partial charge in [-0.2, -0.15) is 0 Å². The molecule has 1 aromatic carbocycles. The van der Waals surface area contributed by atoms with E-state index in [2.05, 4.69) is 20.3 Å². The maximum absolute atomic E-state index is 12.8. The van der Waals surface area contributed by atoms with Crippen LogP contribution in [0, 0.1) is 0 Å². The lowest BCUT2D eigenvalue weighted by Gasteiger charge is -2.27. The first kappa shape index (κ1) is 22.6. The van der Waals surface area contributed by atoms with Gasteiger partial charge in [0.05, 0.1) is 17.5 Å². The monoisotopic (exact) mass is 410 g/mol. The number of sulfonamides is 1. The fourth-order valence-electron chi connectivity index (χ4n) is 3.25. The summed E-state index contributed by atoms with van der Waals surface area (Å²) in [5.74, 6) is 0.667. The molecule has 0 saturated heterocycles. The standard InChI is InChI=1S/C20H34N4O3S/c1-5-21-19(23-16-10-12-17(25)13-11-16)22-14-15-8-6-7-9-18(15)28(26,27)24-20(2,3)4/h6-9,16-17,24-25H,5,10-14H2,1-4H3,(H2,21,22,23). The van der Waals surface area contributed by atoms with Gasteiger partial charge in [-0.3, -0.25) is 0 Å². The van der Waals surface area contributed by atoms with E-state index in [-0.39, 0.29) is 23.6 Å². The highest BCUT2D eigenvalue weighted by molar-refractivity contribution is 7.89. The molecule has 158 valence electrons. The molecule has 0 spiro atoms. The Labute approximate surface area is 169 Å². The molecule has 0 aromatic heterocycles. The number of aliphatic hydroxyl groups excluding tert-OH is 1. The second kappa shape index (κ2) is 9.71. The highest BCUT2D eigenvalue weighted by Gasteiger charge is 2.24. The van der Waals surface area contributed by atoms with Gasteiger partial charge in [0, 0.05) is 18.1 Å². The van der Waals surface area contributed by atoms with Gasteiger partial charge in [-0.15, -0.1) is 0 Å². The number of hydrogen-bond acceptors (Lipinski definition) is 4. The van der Waals surface area contributed by atoms with Gasteiger partial charge in [0.25, 0.3) is 0 Å². The third kappa shape index (κ3) is 7.07. The van der Waals surface area contributed by atoms with Crippen molar-refractivity contribution in [2.75, 3.05) is 6.54 Å². The summed E-state index contributed by atoms with van der Waals surface area (Å²) in [7, 11) is -3.63. The first-order valence-corrected chi connectivity index (χ1v) is 11.4. The molecule has 0 amide bonds. The number of guanidine groups is 1. The molecule has 1 fully saturated rings. The lowest BCUT2D eigenvalue weighted by atomic mass is 9.93. The van der Waals surface area contributed by atoms with E-state index < -0.39 is 15.6 Å². The lowest BCUT2D eigenvalue weighted by Crippen LogP contribution is -2.45. The van der Waals surface area contributed by atoms with Crippen LogP contribution in [0.15, 0.2) is 34.2 Å². The zero-order valence-electron chi connectivity index (χ0n) is 17.3. The van der Waals surface area contributed by atoms with E-state index >= 15 is 0 Å². The minimum Gasteiger partial charge on any atom is -0.393 e. The van der Waals surface area contributed by atoms with Crippen LogP contribution in [0.2, 0.25) is 0 Å². The molecule has 1 aliphatic carbocycles. The highest BCUT2D eigenvalue weighted by Crippen LogP contribution is 2.20. The number of nitrogens with one attached hydrogen (secondary N) is 3. The molecule has 7 nitrogen and oxygen atoms in total. The molecule has 0 atom stereocenters. The first-order valence-electron chi connectivity index (χ1n) is 9.95. The Morgan fingerprint density at radius 1 is 1.18 bits per heavy atom. The summed E-state index contributed by atoms with van der Waals surface area (Å²) >= 11 is 0. The molecule has 1 aliphatic rings. The Kier molecular flexibility index (Phi) is 7.86. The van der Waals surface area contributed by atoms with Crippen molar-refractivity contribution < 1.29 is 13.5 Å². The molecule has 1 aromatic rings. The smallest absolute Gasteiger partial charge is 0.241 e. The number of benzene rings is 1. The van der Waals surface area contributed by atoms with Crippen LogP contribution in [0.1, 0.15) is 58.9 Å². The normalized spacial score (nSPS) is 21.4. The van der Waals surface area contributed by atoms with Crippen molar-refractivity contribution in [1.29, 1.82) is 0 Å². The van der Waals surface area contributed by atoms with Crippen molar-refractivity contribution in [3.8, 4) is 0 Å². The van der Waals surface area contributed by atoms with Crippen LogP contribution in [0.5, 0.6) is 0 Å². The average molecular weight is 411 g/mol. The number of nitrogens with zero attached hydrogens (tertiary/aromatic N) is 1. The number of aliphatic imine (C=N–C) groups is 1. The van der Waals surface area contributed by atoms with Gasteiger partial charge in [-0.05, 0) is 65.0 Å². The number of rotatable bonds is 6. The topological polar surface area (TPSA) is 103 Å². The molecule has 2 rings (SSSR count). The largest absolute Gasteiger partial charge is 0.393 e. The lowest BCUT2D eigenvalue weighted by molar-refractivity contribution is 0.120. The Bertz CT molecular complexity index is 764. The summed E-state index contributed by atoms with van der Waals surface area (Å²) in [4.78, 5) is 4.86. The zero-order chi connectivity index (χ0) is 20.8. The van der Waals surface area contributed by atoms with Crippen LogP contribution < -0.4 is 15.4 Å². The zero-order valence-corrected chi connectivity index (χ0v) is 18.1. The van der Waals surface area contributed by atoms with E-state index in [0.717, 1.165) is 25.7 Å². The van der Waals surface area contributed by atoms with Gasteiger partial charge in [-0.1, -0.05) is 18.2 Å². The van der Waals surface area contributed by atoms with Gasteiger partial charge in [-0.25, -0.2) is 18.1 Å². The van der Waals surface area contributed by atoms with Crippen molar-refractivity contribution in [1.82, 2.24) is 15.4 Å². The van der Waals surface area contributed by atoms with Crippen molar-refractivity contribution >= 4 is 16.0 Å². The maximum Gasteiger partial charge on any atom is 0.241 e. The average Bonchev–Trinajstić information content (AvgIpc) is 2.60. The molecule has 4 N–H and O–H groups in total. The molecule has 0 aliphatic heterocycles. The fraction of sp³-hybridized carbons (Fsp3) is 0.650. The van der Waals surface area contributed by atoms with E-state index in [1.54, 1.807) is 18.2 Å². The Hall–Kier alpha value is -1.64. The van der Waals surface area contributed by atoms with Crippen LogP contribution >= 0.6 is 0 Å². The summed E-state index contributed by atoms with van der Waals surface area (Å²) in [5, 5.41) is 16.3. The van der Waals surface area contributed by atoms with Crippen LogP contribution in [0.4, 0.5) is 0 Å². The molecule has 1 saturated carbocycles. The summed E-state index contributed by atoms with van der Waals surface area (Å²) in [6.45, 7) is 8.42. The third-order valence-electron chi connectivity index (χ3n) is 4.49. The Morgan fingerprint density at radius 2 is 1.82 bits per heavy atom. The molecule has 8 heteroatoms. The van der Waals surface area contributed by atoms with Crippen LogP contribution in [0.3, 0.4) is 0 Å². The SMILES string of the molecule is CCNC(=NCc1ccccc1S(=O)(=O)NC(C)(C)C)NC1CCC(O)CC1. The molecule has 0 heterocycles. The van der Waals surface area contributed by atoms with E-state index in [1.807, 2.05) is 33.8 Å². The summed E-state index contributed by atoms with van der Waals surface area (Å²) < 4.78 is 28.2.